The molecule has 26 heavy (non-hydrogen) atoms. The third-order valence-electron chi connectivity index (χ3n) is 3.87. The molecule has 2 rings (SSSR count). The summed E-state index contributed by atoms with van der Waals surface area (Å²) in [6.45, 7) is 2.08. The van der Waals surface area contributed by atoms with Crippen molar-refractivity contribution in [1.29, 1.82) is 0 Å². The van der Waals surface area contributed by atoms with Crippen molar-refractivity contribution in [1.82, 2.24) is 10.2 Å². The molecule has 2 amide bonds. The summed E-state index contributed by atoms with van der Waals surface area (Å²) in [5, 5.41) is 6.62. The Bertz CT molecular complexity index is 769. The van der Waals surface area contributed by atoms with Crippen LogP contribution in [0.25, 0.3) is 0 Å². The summed E-state index contributed by atoms with van der Waals surface area (Å²) in [6, 6.07) is 14.7. The highest BCUT2D eigenvalue weighted by atomic mass is 35.5. The second kappa shape index (κ2) is 9.57. The van der Waals surface area contributed by atoms with E-state index in [-0.39, 0.29) is 30.9 Å². The lowest BCUT2D eigenvalue weighted by molar-refractivity contribution is -0.132. The predicted molar refractivity (Wildman–Crippen MR) is 106 cm³/mol. The Balaban J connectivity index is 1.80. The van der Waals surface area contributed by atoms with E-state index in [0.29, 0.717) is 15.7 Å². The Labute approximate surface area is 163 Å². The second-order valence-corrected chi connectivity index (χ2v) is 6.75. The molecule has 0 heterocycles. The summed E-state index contributed by atoms with van der Waals surface area (Å²) in [7, 11) is 1.59. The number of carbonyl (C=O) groups excluding carboxylic acids is 2. The van der Waals surface area contributed by atoms with Gasteiger partial charge in [0.05, 0.1) is 23.1 Å². The molecule has 0 unspecified atom stereocenters. The van der Waals surface area contributed by atoms with Crippen molar-refractivity contribution in [3.63, 3.8) is 0 Å². The minimum atomic E-state index is -0.310. The van der Waals surface area contributed by atoms with Gasteiger partial charge in [0.2, 0.25) is 11.8 Å². The maximum atomic E-state index is 12.2. The number of anilines is 1. The maximum Gasteiger partial charge on any atom is 0.243 e. The number of amides is 2. The van der Waals surface area contributed by atoms with Gasteiger partial charge in [0.25, 0.3) is 0 Å². The first kappa shape index (κ1) is 20.2. The number of benzene rings is 2. The summed E-state index contributed by atoms with van der Waals surface area (Å²) in [6.07, 6.45) is 0. The molecule has 0 aliphatic rings. The fraction of sp³-hybridized carbons (Fsp3) is 0.263. The molecule has 138 valence electrons. The van der Waals surface area contributed by atoms with Crippen LogP contribution >= 0.6 is 23.2 Å². The first-order valence-electron chi connectivity index (χ1n) is 8.14. The number of likely N-dealkylation sites (N-methyl/N-ethyl adjacent to an activating group) is 1. The van der Waals surface area contributed by atoms with Gasteiger partial charge >= 0.3 is 0 Å². The number of nitrogens with one attached hydrogen (secondary N) is 2. The summed E-state index contributed by atoms with van der Waals surface area (Å²) >= 11 is 11.8. The summed E-state index contributed by atoms with van der Waals surface area (Å²) in [5.74, 6) is -0.479. The zero-order chi connectivity index (χ0) is 19.1. The van der Waals surface area contributed by atoms with E-state index in [9.17, 15) is 9.59 Å². The molecule has 0 bridgehead atoms. The van der Waals surface area contributed by atoms with Crippen molar-refractivity contribution < 1.29 is 9.59 Å². The van der Waals surface area contributed by atoms with Crippen molar-refractivity contribution in [2.24, 2.45) is 0 Å². The lowest BCUT2D eigenvalue weighted by atomic mass is 10.1. The van der Waals surface area contributed by atoms with Gasteiger partial charge in [-0.2, -0.15) is 0 Å². The van der Waals surface area contributed by atoms with Crippen LogP contribution in [-0.4, -0.2) is 36.9 Å². The average molecular weight is 394 g/mol. The van der Waals surface area contributed by atoms with E-state index in [0.717, 1.165) is 5.56 Å². The summed E-state index contributed by atoms with van der Waals surface area (Å²) in [4.78, 5) is 25.7. The zero-order valence-corrected chi connectivity index (χ0v) is 16.1. The molecule has 0 spiro atoms. The highest BCUT2D eigenvalue weighted by molar-refractivity contribution is 6.42. The third kappa shape index (κ3) is 6.02. The molecule has 0 aliphatic heterocycles. The topological polar surface area (TPSA) is 61.4 Å². The summed E-state index contributed by atoms with van der Waals surface area (Å²) < 4.78 is 0. The van der Waals surface area contributed by atoms with Crippen LogP contribution in [0.4, 0.5) is 5.69 Å². The monoisotopic (exact) mass is 393 g/mol. The highest BCUT2D eigenvalue weighted by Gasteiger charge is 2.14. The van der Waals surface area contributed by atoms with Crippen molar-refractivity contribution in [2.45, 2.75) is 13.0 Å². The Kier molecular flexibility index (Phi) is 7.45. The van der Waals surface area contributed by atoms with Crippen LogP contribution in [0.1, 0.15) is 18.5 Å². The number of hydrogen-bond donors (Lipinski definition) is 2. The van der Waals surface area contributed by atoms with Gasteiger partial charge in [0.15, 0.2) is 0 Å². The van der Waals surface area contributed by atoms with Crippen molar-refractivity contribution in [3.05, 3.63) is 64.1 Å². The van der Waals surface area contributed by atoms with E-state index < -0.39 is 0 Å². The maximum absolute atomic E-state index is 12.2. The molecular formula is C19H21Cl2N3O2. The summed E-state index contributed by atoms with van der Waals surface area (Å²) in [5.41, 5.74) is 1.63. The normalized spacial score (nSPS) is 11.7. The van der Waals surface area contributed by atoms with Crippen molar-refractivity contribution in [2.75, 3.05) is 25.5 Å². The minimum absolute atomic E-state index is 0.0404. The smallest absolute Gasteiger partial charge is 0.243 e. The minimum Gasteiger partial charge on any atom is -0.335 e. The predicted octanol–water partition coefficient (Wildman–Crippen LogP) is 3.74. The van der Waals surface area contributed by atoms with Gasteiger partial charge < -0.3 is 15.5 Å². The molecule has 2 aromatic carbocycles. The standard InChI is InChI=1S/C19H21Cl2N3O2/c1-13(14-6-4-3-5-7-14)22-11-19(26)24(2)12-18(25)23-15-8-9-16(20)17(21)10-15/h3-10,13,22H,11-12H2,1-2H3,(H,23,25)/t13-/m0/s1. The molecular weight excluding hydrogens is 373 g/mol. The molecule has 2 aromatic rings. The van der Waals surface area contributed by atoms with Crippen molar-refractivity contribution >= 4 is 40.7 Å². The van der Waals surface area contributed by atoms with E-state index in [1.54, 1.807) is 25.2 Å². The van der Waals surface area contributed by atoms with Gasteiger partial charge in [0.1, 0.15) is 0 Å². The fourth-order valence-electron chi connectivity index (χ4n) is 2.31. The quantitative estimate of drug-likeness (QED) is 0.752. The molecule has 5 nitrogen and oxygen atoms in total. The van der Waals surface area contributed by atoms with E-state index in [1.807, 2.05) is 37.3 Å². The molecule has 7 heteroatoms. The molecule has 0 saturated heterocycles. The Morgan fingerprint density at radius 3 is 2.42 bits per heavy atom. The number of carbonyl (C=O) groups is 2. The second-order valence-electron chi connectivity index (χ2n) is 5.94. The molecule has 0 fully saturated rings. The van der Waals surface area contributed by atoms with Crippen LogP contribution in [0.15, 0.2) is 48.5 Å². The van der Waals surface area contributed by atoms with Gasteiger partial charge in [0, 0.05) is 18.8 Å². The number of hydrogen-bond acceptors (Lipinski definition) is 3. The zero-order valence-electron chi connectivity index (χ0n) is 14.6. The number of nitrogens with zero attached hydrogens (tertiary/aromatic N) is 1. The fourth-order valence-corrected chi connectivity index (χ4v) is 2.61. The Hall–Kier alpha value is -2.08. The molecule has 0 aromatic heterocycles. The molecule has 1 atom stereocenters. The third-order valence-corrected chi connectivity index (χ3v) is 4.61. The Morgan fingerprint density at radius 1 is 1.08 bits per heavy atom. The van der Waals surface area contributed by atoms with Crippen LogP contribution < -0.4 is 10.6 Å². The van der Waals surface area contributed by atoms with Crippen molar-refractivity contribution in [3.8, 4) is 0 Å². The van der Waals surface area contributed by atoms with E-state index in [4.69, 9.17) is 23.2 Å². The average Bonchev–Trinajstić information content (AvgIpc) is 2.63. The molecule has 2 N–H and O–H groups in total. The van der Waals surface area contributed by atoms with Gasteiger partial charge in [-0.15, -0.1) is 0 Å². The van der Waals surface area contributed by atoms with E-state index in [2.05, 4.69) is 10.6 Å². The molecule has 0 aliphatic carbocycles. The van der Waals surface area contributed by atoms with Crippen LogP contribution in [0, 0.1) is 0 Å². The first-order chi connectivity index (χ1) is 12.4. The Morgan fingerprint density at radius 2 is 1.77 bits per heavy atom. The van der Waals surface area contributed by atoms with Gasteiger partial charge in [-0.05, 0) is 30.7 Å². The van der Waals surface area contributed by atoms with Crippen LogP contribution in [0.2, 0.25) is 10.0 Å². The van der Waals surface area contributed by atoms with Gasteiger partial charge in [-0.3, -0.25) is 9.59 Å². The van der Waals surface area contributed by atoms with Gasteiger partial charge in [-0.1, -0.05) is 53.5 Å². The number of rotatable bonds is 7. The van der Waals surface area contributed by atoms with Gasteiger partial charge in [-0.25, -0.2) is 0 Å². The van der Waals surface area contributed by atoms with Crippen LogP contribution in [0.3, 0.4) is 0 Å². The van der Waals surface area contributed by atoms with E-state index in [1.165, 1.54) is 4.90 Å². The number of halogens is 2. The molecule has 0 saturated carbocycles. The SMILES string of the molecule is C[C@H](NCC(=O)N(C)CC(=O)Nc1ccc(Cl)c(Cl)c1)c1ccccc1. The lowest BCUT2D eigenvalue weighted by Crippen LogP contribution is -2.40. The molecule has 0 radical (unpaired) electrons. The van der Waals surface area contributed by atoms with Crippen LogP contribution in [-0.2, 0) is 9.59 Å². The first-order valence-corrected chi connectivity index (χ1v) is 8.89. The van der Waals surface area contributed by atoms with E-state index >= 15 is 0 Å². The van der Waals surface area contributed by atoms with Crippen LogP contribution in [0.5, 0.6) is 0 Å². The lowest BCUT2D eigenvalue weighted by Gasteiger charge is -2.19. The largest absolute Gasteiger partial charge is 0.335 e. The highest BCUT2D eigenvalue weighted by Crippen LogP contribution is 2.24.